The van der Waals surface area contributed by atoms with Gasteiger partial charge in [-0.25, -0.2) is 8.42 Å². The number of sulfone groups is 1. The third-order valence-corrected chi connectivity index (χ3v) is 5.94. The minimum absolute atomic E-state index is 0.375. The highest BCUT2D eigenvalue weighted by Gasteiger charge is 2.49. The zero-order valence-corrected chi connectivity index (χ0v) is 9.87. The SMILES string of the molecule is CC1OCCC1S(=O)(=O)C(C)(C)C(=O)O. The minimum Gasteiger partial charge on any atom is -0.480 e. The van der Waals surface area contributed by atoms with Crippen LogP contribution in [0.4, 0.5) is 0 Å². The number of aliphatic carboxylic acids is 1. The van der Waals surface area contributed by atoms with Gasteiger partial charge in [-0.15, -0.1) is 0 Å². The summed E-state index contributed by atoms with van der Waals surface area (Å²) in [6, 6.07) is 0. The molecule has 0 saturated carbocycles. The van der Waals surface area contributed by atoms with Crippen LogP contribution < -0.4 is 0 Å². The van der Waals surface area contributed by atoms with E-state index in [0.717, 1.165) is 0 Å². The number of rotatable bonds is 3. The molecule has 1 saturated heterocycles. The molecule has 1 aliphatic rings. The summed E-state index contributed by atoms with van der Waals surface area (Å²) in [7, 11) is -3.71. The van der Waals surface area contributed by atoms with Crippen LogP contribution in [0.1, 0.15) is 27.2 Å². The van der Waals surface area contributed by atoms with Crippen LogP contribution >= 0.6 is 0 Å². The van der Waals surface area contributed by atoms with Crippen molar-refractivity contribution in [1.82, 2.24) is 0 Å². The van der Waals surface area contributed by atoms with Gasteiger partial charge >= 0.3 is 5.97 Å². The Morgan fingerprint density at radius 1 is 1.47 bits per heavy atom. The molecule has 5 nitrogen and oxygen atoms in total. The molecular weight excluding hydrogens is 220 g/mol. The van der Waals surface area contributed by atoms with Crippen molar-refractivity contribution in [3.8, 4) is 0 Å². The number of carboxylic acid groups (broad SMARTS) is 1. The van der Waals surface area contributed by atoms with Crippen LogP contribution in [0.3, 0.4) is 0 Å². The fraction of sp³-hybridized carbons (Fsp3) is 0.889. The summed E-state index contributed by atoms with van der Waals surface area (Å²) in [5.74, 6) is -1.32. The maximum absolute atomic E-state index is 12.0. The van der Waals surface area contributed by atoms with Crippen molar-refractivity contribution in [2.75, 3.05) is 6.61 Å². The molecular formula is C9H16O5S. The molecule has 2 unspecified atom stereocenters. The Hall–Kier alpha value is -0.620. The Morgan fingerprint density at radius 3 is 2.33 bits per heavy atom. The lowest BCUT2D eigenvalue weighted by molar-refractivity contribution is -0.139. The first-order chi connectivity index (χ1) is 6.71. The maximum Gasteiger partial charge on any atom is 0.324 e. The van der Waals surface area contributed by atoms with Gasteiger partial charge in [0.1, 0.15) is 0 Å². The fourth-order valence-corrected chi connectivity index (χ4v) is 3.61. The van der Waals surface area contributed by atoms with E-state index in [0.29, 0.717) is 13.0 Å². The lowest BCUT2D eigenvalue weighted by Crippen LogP contribution is -2.47. The number of hydrogen-bond donors (Lipinski definition) is 1. The molecule has 88 valence electrons. The fourth-order valence-electron chi connectivity index (χ4n) is 1.62. The summed E-state index contributed by atoms with van der Waals surface area (Å²) < 4.78 is 27.5. The molecule has 2 atom stereocenters. The van der Waals surface area contributed by atoms with Crippen molar-refractivity contribution in [3.63, 3.8) is 0 Å². The Bertz CT molecular complexity index is 357. The number of carbonyl (C=O) groups is 1. The molecule has 1 fully saturated rings. The largest absolute Gasteiger partial charge is 0.480 e. The van der Waals surface area contributed by atoms with Gasteiger partial charge in [0.25, 0.3) is 0 Å². The highest BCUT2D eigenvalue weighted by Crippen LogP contribution is 2.30. The minimum atomic E-state index is -3.71. The van der Waals surface area contributed by atoms with Crippen LogP contribution in [-0.4, -0.2) is 42.2 Å². The first kappa shape index (κ1) is 12.4. The molecule has 0 amide bonds. The van der Waals surface area contributed by atoms with Gasteiger partial charge in [-0.1, -0.05) is 0 Å². The highest BCUT2D eigenvalue weighted by atomic mass is 32.2. The predicted octanol–water partition coefficient (Wildman–Crippen LogP) is 0.442. The van der Waals surface area contributed by atoms with E-state index in [1.54, 1.807) is 6.92 Å². The van der Waals surface area contributed by atoms with Gasteiger partial charge in [0.2, 0.25) is 0 Å². The summed E-state index contributed by atoms with van der Waals surface area (Å²) in [5, 5.41) is 8.20. The lowest BCUT2D eigenvalue weighted by atomic mass is 10.2. The van der Waals surface area contributed by atoms with Crippen LogP contribution in [-0.2, 0) is 19.4 Å². The monoisotopic (exact) mass is 236 g/mol. The average Bonchev–Trinajstić information content (AvgIpc) is 2.51. The Kier molecular flexibility index (Phi) is 3.11. The summed E-state index contributed by atoms with van der Waals surface area (Å²) in [4.78, 5) is 10.9. The third-order valence-electron chi connectivity index (χ3n) is 2.93. The summed E-state index contributed by atoms with van der Waals surface area (Å²) in [6.07, 6.45) is -0.0474. The van der Waals surface area contributed by atoms with E-state index >= 15 is 0 Å². The van der Waals surface area contributed by atoms with Crippen molar-refractivity contribution in [2.24, 2.45) is 0 Å². The Balaban J connectivity index is 3.07. The molecule has 6 heteroatoms. The van der Waals surface area contributed by atoms with Gasteiger partial charge < -0.3 is 9.84 Å². The van der Waals surface area contributed by atoms with Gasteiger partial charge in [-0.05, 0) is 27.2 Å². The zero-order chi connectivity index (χ0) is 11.9. The topological polar surface area (TPSA) is 80.7 Å². The highest BCUT2D eigenvalue weighted by molar-refractivity contribution is 7.94. The van der Waals surface area contributed by atoms with Gasteiger partial charge in [-0.2, -0.15) is 0 Å². The van der Waals surface area contributed by atoms with Crippen molar-refractivity contribution in [1.29, 1.82) is 0 Å². The second kappa shape index (κ2) is 3.75. The van der Waals surface area contributed by atoms with E-state index in [4.69, 9.17) is 9.84 Å². The molecule has 0 bridgehead atoms. The molecule has 1 heterocycles. The van der Waals surface area contributed by atoms with E-state index in [1.807, 2.05) is 0 Å². The van der Waals surface area contributed by atoms with Crippen molar-refractivity contribution >= 4 is 15.8 Å². The number of ether oxygens (including phenoxy) is 1. The van der Waals surface area contributed by atoms with Crippen LogP contribution in [0.25, 0.3) is 0 Å². The summed E-state index contributed by atoms with van der Waals surface area (Å²) in [5.41, 5.74) is 0. The zero-order valence-electron chi connectivity index (χ0n) is 9.06. The van der Waals surface area contributed by atoms with E-state index in [1.165, 1.54) is 13.8 Å². The Morgan fingerprint density at radius 2 is 2.00 bits per heavy atom. The molecule has 1 aliphatic heterocycles. The molecule has 1 rings (SSSR count). The molecule has 0 radical (unpaired) electrons. The van der Waals surface area contributed by atoms with Gasteiger partial charge in [-0.3, -0.25) is 4.79 Å². The normalized spacial score (nSPS) is 27.9. The second-order valence-corrected chi connectivity index (χ2v) is 6.98. The van der Waals surface area contributed by atoms with E-state index in [9.17, 15) is 13.2 Å². The molecule has 0 spiro atoms. The van der Waals surface area contributed by atoms with Crippen LogP contribution in [0.2, 0.25) is 0 Å². The standard InChI is InChI=1S/C9H16O5S/c1-6-7(4-5-14-6)15(12,13)9(2,3)8(10)11/h6-7H,4-5H2,1-3H3,(H,10,11). The second-order valence-electron chi connectivity index (χ2n) is 4.26. The van der Waals surface area contributed by atoms with Crippen LogP contribution in [0.15, 0.2) is 0 Å². The van der Waals surface area contributed by atoms with Crippen molar-refractivity contribution in [3.05, 3.63) is 0 Å². The predicted molar refractivity (Wildman–Crippen MR) is 54.5 cm³/mol. The van der Waals surface area contributed by atoms with Gasteiger partial charge in [0.15, 0.2) is 14.6 Å². The lowest BCUT2D eigenvalue weighted by Gasteiger charge is -2.25. The van der Waals surface area contributed by atoms with E-state index < -0.39 is 31.9 Å². The van der Waals surface area contributed by atoms with Crippen LogP contribution in [0, 0.1) is 0 Å². The Labute approximate surface area is 89.3 Å². The molecule has 0 aromatic rings. The molecule has 1 N–H and O–H groups in total. The van der Waals surface area contributed by atoms with Crippen molar-refractivity contribution in [2.45, 2.75) is 43.3 Å². The molecule has 0 aliphatic carbocycles. The van der Waals surface area contributed by atoms with Gasteiger partial charge in [0, 0.05) is 6.61 Å². The van der Waals surface area contributed by atoms with E-state index in [2.05, 4.69) is 0 Å². The van der Waals surface area contributed by atoms with Crippen molar-refractivity contribution < 1.29 is 23.1 Å². The molecule has 15 heavy (non-hydrogen) atoms. The first-order valence-corrected chi connectivity index (χ1v) is 6.34. The summed E-state index contributed by atoms with van der Waals surface area (Å²) in [6.45, 7) is 4.47. The maximum atomic E-state index is 12.0. The smallest absolute Gasteiger partial charge is 0.324 e. The quantitative estimate of drug-likeness (QED) is 0.769. The third kappa shape index (κ3) is 1.88. The summed E-state index contributed by atoms with van der Waals surface area (Å²) >= 11 is 0. The van der Waals surface area contributed by atoms with Gasteiger partial charge in [0.05, 0.1) is 11.4 Å². The number of hydrogen-bond acceptors (Lipinski definition) is 4. The number of carboxylic acids is 1. The first-order valence-electron chi connectivity index (χ1n) is 4.79. The molecule has 0 aromatic heterocycles. The average molecular weight is 236 g/mol. The van der Waals surface area contributed by atoms with Crippen LogP contribution in [0.5, 0.6) is 0 Å². The molecule has 0 aromatic carbocycles. The van der Waals surface area contributed by atoms with E-state index in [-0.39, 0.29) is 0 Å².